The van der Waals surface area contributed by atoms with Gasteiger partial charge in [0.1, 0.15) is 11.4 Å². The highest BCUT2D eigenvalue weighted by atomic mass is 32.1. The van der Waals surface area contributed by atoms with E-state index in [1.807, 2.05) is 19.2 Å². The average Bonchev–Trinajstić information content (AvgIpc) is 2.89. The van der Waals surface area contributed by atoms with Gasteiger partial charge < -0.3 is 10.1 Å². The van der Waals surface area contributed by atoms with Crippen LogP contribution in [0.25, 0.3) is 21.9 Å². The smallest absolute Gasteiger partial charge is 0.191 e. The standard InChI is InChI=1S/C12H11N5OS/c1-13-12-17-10-11(19-12)16-9(6-15-10)8-4-3-7(18-2)5-14-8/h3-6H,1-2H3,(H,13,15,17). The van der Waals surface area contributed by atoms with Crippen molar-refractivity contribution in [2.45, 2.75) is 0 Å². The molecule has 3 aromatic rings. The third kappa shape index (κ3) is 2.19. The molecule has 96 valence electrons. The molecule has 0 saturated heterocycles. The number of nitrogens with zero attached hydrogens (tertiary/aromatic N) is 4. The number of nitrogens with one attached hydrogen (secondary N) is 1. The Labute approximate surface area is 113 Å². The van der Waals surface area contributed by atoms with Crippen molar-refractivity contribution in [1.29, 1.82) is 0 Å². The van der Waals surface area contributed by atoms with Gasteiger partial charge in [0.25, 0.3) is 0 Å². The third-order valence-corrected chi connectivity index (χ3v) is 3.53. The van der Waals surface area contributed by atoms with Gasteiger partial charge in [-0.25, -0.2) is 9.97 Å². The summed E-state index contributed by atoms with van der Waals surface area (Å²) in [5.41, 5.74) is 2.13. The van der Waals surface area contributed by atoms with Crippen molar-refractivity contribution in [3.63, 3.8) is 0 Å². The van der Waals surface area contributed by atoms with Gasteiger partial charge in [0.2, 0.25) is 0 Å². The molecule has 0 aromatic carbocycles. The van der Waals surface area contributed by atoms with E-state index in [9.17, 15) is 0 Å². The van der Waals surface area contributed by atoms with Crippen LogP contribution in [0.15, 0.2) is 24.5 Å². The van der Waals surface area contributed by atoms with Gasteiger partial charge in [-0.2, -0.15) is 4.98 Å². The molecular weight excluding hydrogens is 262 g/mol. The quantitative estimate of drug-likeness (QED) is 0.788. The van der Waals surface area contributed by atoms with E-state index >= 15 is 0 Å². The van der Waals surface area contributed by atoms with Crippen molar-refractivity contribution in [1.82, 2.24) is 19.9 Å². The maximum atomic E-state index is 5.08. The highest BCUT2D eigenvalue weighted by molar-refractivity contribution is 7.21. The van der Waals surface area contributed by atoms with Gasteiger partial charge in [-0.15, -0.1) is 0 Å². The fraction of sp³-hybridized carbons (Fsp3) is 0.167. The molecule has 0 bridgehead atoms. The lowest BCUT2D eigenvalue weighted by atomic mass is 10.3. The van der Waals surface area contributed by atoms with Crippen LogP contribution >= 0.6 is 11.3 Å². The number of hydrogen-bond donors (Lipinski definition) is 1. The van der Waals surface area contributed by atoms with E-state index in [0.29, 0.717) is 11.4 Å². The Morgan fingerprint density at radius 2 is 2.00 bits per heavy atom. The summed E-state index contributed by atoms with van der Waals surface area (Å²) in [6.45, 7) is 0. The van der Waals surface area contributed by atoms with Gasteiger partial charge in [-0.1, -0.05) is 11.3 Å². The first-order valence-corrected chi connectivity index (χ1v) is 6.43. The van der Waals surface area contributed by atoms with Crippen LogP contribution in [0.3, 0.4) is 0 Å². The molecule has 0 unspecified atom stereocenters. The van der Waals surface area contributed by atoms with E-state index in [4.69, 9.17) is 4.74 Å². The molecule has 6 nitrogen and oxygen atoms in total. The van der Waals surface area contributed by atoms with Crippen LogP contribution in [-0.2, 0) is 0 Å². The predicted molar refractivity (Wildman–Crippen MR) is 74.5 cm³/mol. The van der Waals surface area contributed by atoms with E-state index in [0.717, 1.165) is 21.3 Å². The lowest BCUT2D eigenvalue weighted by Crippen LogP contribution is -1.90. The average molecular weight is 273 g/mol. The molecule has 3 heterocycles. The SMILES string of the molecule is CNc1nc2ncc(-c3ccc(OC)cn3)nc2s1. The fourth-order valence-corrected chi connectivity index (χ4v) is 2.36. The first-order valence-electron chi connectivity index (χ1n) is 5.62. The topological polar surface area (TPSA) is 72.8 Å². The van der Waals surface area contributed by atoms with Crippen LogP contribution in [0.5, 0.6) is 5.75 Å². The van der Waals surface area contributed by atoms with Crippen molar-refractivity contribution in [3.8, 4) is 17.1 Å². The minimum Gasteiger partial charge on any atom is -0.495 e. The third-order valence-electron chi connectivity index (χ3n) is 2.57. The normalized spacial score (nSPS) is 10.6. The lowest BCUT2D eigenvalue weighted by molar-refractivity contribution is 0.413. The van der Waals surface area contributed by atoms with Crippen molar-refractivity contribution < 1.29 is 4.74 Å². The summed E-state index contributed by atoms with van der Waals surface area (Å²) in [7, 11) is 3.43. The Bertz CT molecular complexity index is 710. The minimum absolute atomic E-state index is 0.645. The van der Waals surface area contributed by atoms with Crippen molar-refractivity contribution in [2.24, 2.45) is 0 Å². The number of rotatable bonds is 3. The summed E-state index contributed by atoms with van der Waals surface area (Å²) in [5.74, 6) is 0.716. The molecule has 0 atom stereocenters. The Morgan fingerprint density at radius 3 is 2.68 bits per heavy atom. The summed E-state index contributed by atoms with van der Waals surface area (Å²) in [4.78, 5) is 18.2. The zero-order valence-corrected chi connectivity index (χ0v) is 11.2. The van der Waals surface area contributed by atoms with Gasteiger partial charge in [0.15, 0.2) is 15.6 Å². The van der Waals surface area contributed by atoms with E-state index in [1.165, 1.54) is 11.3 Å². The van der Waals surface area contributed by atoms with Gasteiger partial charge in [-0.05, 0) is 12.1 Å². The summed E-state index contributed by atoms with van der Waals surface area (Å²) in [6, 6.07) is 3.70. The van der Waals surface area contributed by atoms with Crippen LogP contribution in [0.1, 0.15) is 0 Å². The Morgan fingerprint density at radius 1 is 1.11 bits per heavy atom. The number of ether oxygens (including phenoxy) is 1. The molecule has 0 fully saturated rings. The van der Waals surface area contributed by atoms with Gasteiger partial charge in [0.05, 0.1) is 25.2 Å². The molecule has 7 heteroatoms. The number of fused-ring (bicyclic) bond motifs is 1. The first-order chi connectivity index (χ1) is 9.30. The van der Waals surface area contributed by atoms with Crippen molar-refractivity contribution in [2.75, 3.05) is 19.5 Å². The fourth-order valence-electron chi connectivity index (χ4n) is 1.60. The van der Waals surface area contributed by atoms with Gasteiger partial charge >= 0.3 is 0 Å². The highest BCUT2D eigenvalue weighted by Crippen LogP contribution is 2.25. The number of thiazole rings is 1. The summed E-state index contributed by atoms with van der Waals surface area (Å²) in [5, 5.41) is 3.79. The van der Waals surface area contributed by atoms with Gasteiger partial charge in [-0.3, -0.25) is 4.98 Å². The predicted octanol–water partition coefficient (Wildman–Crippen LogP) is 2.20. The summed E-state index contributed by atoms with van der Waals surface area (Å²) >= 11 is 1.47. The van der Waals surface area contributed by atoms with E-state index < -0.39 is 0 Å². The van der Waals surface area contributed by atoms with Crippen LogP contribution < -0.4 is 10.1 Å². The van der Waals surface area contributed by atoms with Crippen LogP contribution in [0.2, 0.25) is 0 Å². The molecule has 3 aromatic heterocycles. The lowest BCUT2D eigenvalue weighted by Gasteiger charge is -2.01. The first kappa shape index (κ1) is 11.8. The number of pyridine rings is 1. The summed E-state index contributed by atoms with van der Waals surface area (Å²) in [6.07, 6.45) is 3.34. The van der Waals surface area contributed by atoms with E-state index in [1.54, 1.807) is 19.5 Å². The molecule has 0 aliphatic carbocycles. The molecule has 0 radical (unpaired) electrons. The van der Waals surface area contributed by atoms with E-state index in [-0.39, 0.29) is 0 Å². The van der Waals surface area contributed by atoms with Crippen molar-refractivity contribution in [3.05, 3.63) is 24.5 Å². The largest absolute Gasteiger partial charge is 0.495 e. The maximum Gasteiger partial charge on any atom is 0.191 e. The molecule has 19 heavy (non-hydrogen) atoms. The molecule has 1 N–H and O–H groups in total. The van der Waals surface area contributed by atoms with Crippen LogP contribution in [-0.4, -0.2) is 34.1 Å². The monoisotopic (exact) mass is 273 g/mol. The second-order valence-corrected chi connectivity index (χ2v) is 4.71. The molecule has 0 amide bonds. The number of anilines is 1. The second kappa shape index (κ2) is 4.77. The molecule has 0 saturated carbocycles. The minimum atomic E-state index is 0.645. The Balaban J connectivity index is 2.03. The zero-order valence-electron chi connectivity index (χ0n) is 10.4. The second-order valence-electron chi connectivity index (χ2n) is 3.74. The number of methoxy groups -OCH3 is 1. The summed E-state index contributed by atoms with van der Waals surface area (Å²) < 4.78 is 5.08. The molecule has 0 spiro atoms. The Hall–Kier alpha value is -2.28. The number of aromatic nitrogens is 4. The Kier molecular flexibility index (Phi) is 2.96. The molecule has 0 aliphatic rings. The maximum absolute atomic E-state index is 5.08. The number of hydrogen-bond acceptors (Lipinski definition) is 7. The zero-order chi connectivity index (χ0) is 13.2. The molecule has 3 rings (SSSR count). The van der Waals surface area contributed by atoms with Crippen LogP contribution in [0, 0.1) is 0 Å². The van der Waals surface area contributed by atoms with Gasteiger partial charge in [0, 0.05) is 7.05 Å². The highest BCUT2D eigenvalue weighted by Gasteiger charge is 2.08. The molecule has 0 aliphatic heterocycles. The van der Waals surface area contributed by atoms with E-state index in [2.05, 4.69) is 25.3 Å². The van der Waals surface area contributed by atoms with Crippen LogP contribution in [0.4, 0.5) is 5.13 Å². The molecular formula is C12H11N5OS. The van der Waals surface area contributed by atoms with Crippen molar-refractivity contribution >= 4 is 26.9 Å².